The highest BCUT2D eigenvalue weighted by Gasteiger charge is 2.07. The highest BCUT2D eigenvalue weighted by atomic mass is 35.5. The van der Waals surface area contributed by atoms with Gasteiger partial charge in [0.2, 0.25) is 0 Å². The molecular formula is C22H26ClN3. The molecule has 136 valence electrons. The molecule has 0 aliphatic heterocycles. The molecule has 0 aliphatic carbocycles. The molecule has 3 nitrogen and oxygen atoms in total. The number of aromatic nitrogens is 1. The van der Waals surface area contributed by atoms with Gasteiger partial charge in [0, 0.05) is 18.7 Å². The number of anilines is 1. The molecule has 0 radical (unpaired) electrons. The molecule has 26 heavy (non-hydrogen) atoms. The van der Waals surface area contributed by atoms with E-state index in [1.807, 2.05) is 43.2 Å². The number of hydrogen-bond donors (Lipinski definition) is 0. The SMILES string of the molecule is C.C/C(=N\N(C)c1ccccc1)c1ccc[n+](Cc2ccccc2)c1.[Cl-]. The van der Waals surface area contributed by atoms with Crippen LogP contribution in [0.15, 0.2) is 90.3 Å². The van der Waals surface area contributed by atoms with Gasteiger partial charge in [0.05, 0.1) is 17.0 Å². The smallest absolute Gasteiger partial charge is 0.178 e. The fourth-order valence-corrected chi connectivity index (χ4v) is 2.61. The van der Waals surface area contributed by atoms with Crippen molar-refractivity contribution < 1.29 is 17.0 Å². The van der Waals surface area contributed by atoms with Crippen LogP contribution in [-0.4, -0.2) is 12.8 Å². The Morgan fingerprint density at radius 2 is 1.54 bits per heavy atom. The minimum Gasteiger partial charge on any atom is -1.00 e. The first-order valence-electron chi connectivity index (χ1n) is 8.10. The number of pyridine rings is 1. The second-order valence-electron chi connectivity index (χ2n) is 5.80. The van der Waals surface area contributed by atoms with Crippen molar-refractivity contribution in [3.8, 4) is 0 Å². The topological polar surface area (TPSA) is 19.5 Å². The van der Waals surface area contributed by atoms with Crippen molar-refractivity contribution in [2.24, 2.45) is 5.10 Å². The molecule has 3 rings (SSSR count). The van der Waals surface area contributed by atoms with Crippen LogP contribution in [0.2, 0.25) is 0 Å². The predicted molar refractivity (Wildman–Crippen MR) is 106 cm³/mol. The normalized spacial score (nSPS) is 10.5. The second-order valence-corrected chi connectivity index (χ2v) is 5.80. The highest BCUT2D eigenvalue weighted by molar-refractivity contribution is 5.98. The molecule has 0 amide bonds. The van der Waals surface area contributed by atoms with Crippen LogP contribution in [-0.2, 0) is 6.54 Å². The van der Waals surface area contributed by atoms with Crippen LogP contribution in [0, 0.1) is 0 Å². The summed E-state index contributed by atoms with van der Waals surface area (Å²) >= 11 is 0. The average Bonchev–Trinajstić information content (AvgIpc) is 2.63. The van der Waals surface area contributed by atoms with E-state index in [4.69, 9.17) is 5.10 Å². The Morgan fingerprint density at radius 3 is 2.19 bits per heavy atom. The fraction of sp³-hybridized carbons (Fsp3) is 0.182. The highest BCUT2D eigenvalue weighted by Crippen LogP contribution is 2.12. The van der Waals surface area contributed by atoms with E-state index < -0.39 is 0 Å². The molecule has 0 fully saturated rings. The van der Waals surface area contributed by atoms with Gasteiger partial charge in [-0.3, -0.25) is 5.01 Å². The third-order valence-corrected chi connectivity index (χ3v) is 3.91. The largest absolute Gasteiger partial charge is 1.00 e. The maximum atomic E-state index is 4.70. The average molecular weight is 368 g/mol. The number of benzene rings is 2. The van der Waals surface area contributed by atoms with E-state index in [0.717, 1.165) is 23.5 Å². The van der Waals surface area contributed by atoms with Crippen LogP contribution in [0.5, 0.6) is 0 Å². The van der Waals surface area contributed by atoms with Crippen molar-refractivity contribution in [2.75, 3.05) is 12.1 Å². The van der Waals surface area contributed by atoms with E-state index in [9.17, 15) is 0 Å². The number of rotatable bonds is 5. The van der Waals surface area contributed by atoms with Crippen molar-refractivity contribution in [1.29, 1.82) is 0 Å². The van der Waals surface area contributed by atoms with Crippen LogP contribution in [0.25, 0.3) is 0 Å². The molecule has 0 saturated heterocycles. The summed E-state index contributed by atoms with van der Waals surface area (Å²) in [5, 5.41) is 6.61. The summed E-state index contributed by atoms with van der Waals surface area (Å²) in [6.45, 7) is 2.90. The third kappa shape index (κ3) is 5.71. The van der Waals surface area contributed by atoms with Gasteiger partial charge in [0.15, 0.2) is 18.9 Å². The van der Waals surface area contributed by atoms with E-state index in [1.54, 1.807) is 0 Å². The number of para-hydroxylation sites is 1. The first-order chi connectivity index (χ1) is 11.7. The summed E-state index contributed by atoms with van der Waals surface area (Å²) < 4.78 is 2.19. The lowest BCUT2D eigenvalue weighted by molar-refractivity contribution is -0.688. The van der Waals surface area contributed by atoms with E-state index in [0.29, 0.717) is 0 Å². The zero-order valence-corrected chi connectivity index (χ0v) is 15.3. The zero-order valence-electron chi connectivity index (χ0n) is 14.5. The van der Waals surface area contributed by atoms with E-state index in [-0.39, 0.29) is 19.8 Å². The molecule has 1 aromatic heterocycles. The van der Waals surface area contributed by atoms with E-state index in [2.05, 4.69) is 65.5 Å². The molecule has 0 spiro atoms. The number of hydrazone groups is 1. The summed E-state index contributed by atoms with van der Waals surface area (Å²) in [6.07, 6.45) is 4.23. The Morgan fingerprint density at radius 1 is 0.923 bits per heavy atom. The van der Waals surface area contributed by atoms with Crippen molar-refractivity contribution in [3.63, 3.8) is 0 Å². The van der Waals surface area contributed by atoms with Gasteiger partial charge in [0.1, 0.15) is 0 Å². The van der Waals surface area contributed by atoms with Crippen LogP contribution in [0.1, 0.15) is 25.5 Å². The minimum atomic E-state index is 0. The van der Waals surface area contributed by atoms with E-state index >= 15 is 0 Å². The van der Waals surface area contributed by atoms with Gasteiger partial charge < -0.3 is 12.4 Å². The monoisotopic (exact) mass is 367 g/mol. The third-order valence-electron chi connectivity index (χ3n) is 3.91. The molecule has 0 saturated carbocycles. The Balaban J connectivity index is 0.00000169. The number of nitrogens with zero attached hydrogens (tertiary/aromatic N) is 3. The van der Waals surface area contributed by atoms with Crippen LogP contribution in [0.4, 0.5) is 5.69 Å². The van der Waals surface area contributed by atoms with Gasteiger partial charge in [-0.2, -0.15) is 5.10 Å². The molecule has 4 heteroatoms. The van der Waals surface area contributed by atoms with Crippen molar-refractivity contribution in [1.82, 2.24) is 0 Å². The Labute approximate surface area is 163 Å². The lowest BCUT2D eigenvalue weighted by atomic mass is 10.2. The lowest BCUT2D eigenvalue weighted by Gasteiger charge is -2.14. The molecule has 0 N–H and O–H groups in total. The molecule has 2 aromatic carbocycles. The van der Waals surface area contributed by atoms with E-state index in [1.165, 1.54) is 5.56 Å². The van der Waals surface area contributed by atoms with Gasteiger partial charge in [-0.25, -0.2) is 4.57 Å². The van der Waals surface area contributed by atoms with Crippen LogP contribution < -0.4 is 22.0 Å². The Kier molecular flexibility index (Phi) is 8.53. The summed E-state index contributed by atoms with van der Waals surface area (Å²) in [4.78, 5) is 0. The van der Waals surface area contributed by atoms with Crippen molar-refractivity contribution in [3.05, 3.63) is 96.3 Å². The molecule has 0 aliphatic rings. The van der Waals surface area contributed by atoms with Crippen LogP contribution >= 0.6 is 0 Å². The standard InChI is InChI=1S/C21H22N3.CH4.ClH/c1-18(22-23(2)21-13-7-4-8-14-21)20-12-9-15-24(17-20)16-19-10-5-3-6-11-19;;/h3-15,17H,16H2,1-2H3;1H4;1H/q+1;;/p-1/b22-18+;;. The maximum absolute atomic E-state index is 4.70. The Hall–Kier alpha value is -2.65. The lowest BCUT2D eigenvalue weighted by Crippen LogP contribution is -3.00. The van der Waals surface area contributed by atoms with Gasteiger partial charge in [0.25, 0.3) is 0 Å². The van der Waals surface area contributed by atoms with Gasteiger partial charge in [-0.05, 0) is 25.1 Å². The molecule has 0 bridgehead atoms. The summed E-state index contributed by atoms with van der Waals surface area (Å²) in [7, 11) is 1.97. The molecule has 0 unspecified atom stereocenters. The number of halogens is 1. The first-order valence-corrected chi connectivity index (χ1v) is 8.10. The Bertz CT molecular complexity index is 817. The molecular weight excluding hydrogens is 342 g/mol. The van der Waals surface area contributed by atoms with Gasteiger partial charge in [-0.1, -0.05) is 56.0 Å². The quantitative estimate of drug-likeness (QED) is 0.380. The predicted octanol–water partition coefficient (Wildman–Crippen LogP) is 1.52. The fourth-order valence-electron chi connectivity index (χ4n) is 2.61. The molecule has 1 heterocycles. The maximum Gasteiger partial charge on any atom is 0.178 e. The van der Waals surface area contributed by atoms with Gasteiger partial charge in [-0.15, -0.1) is 0 Å². The summed E-state index contributed by atoms with van der Waals surface area (Å²) in [5.41, 5.74) is 4.47. The molecule has 0 atom stereocenters. The summed E-state index contributed by atoms with van der Waals surface area (Å²) in [6, 6.07) is 24.8. The van der Waals surface area contributed by atoms with Gasteiger partial charge >= 0.3 is 0 Å². The van der Waals surface area contributed by atoms with Crippen molar-refractivity contribution in [2.45, 2.75) is 20.9 Å². The zero-order chi connectivity index (χ0) is 16.8. The second kappa shape index (κ2) is 10.4. The molecule has 3 aromatic rings. The minimum absolute atomic E-state index is 0. The van der Waals surface area contributed by atoms with Crippen molar-refractivity contribution >= 4 is 11.4 Å². The summed E-state index contributed by atoms with van der Waals surface area (Å²) in [5.74, 6) is 0. The van der Waals surface area contributed by atoms with Crippen LogP contribution in [0.3, 0.4) is 0 Å². The first kappa shape index (κ1) is 21.4. The number of hydrogen-bond acceptors (Lipinski definition) is 2.